The molecule has 4 amide bonds. The van der Waals surface area contributed by atoms with Crippen LogP contribution in [0.2, 0.25) is 0 Å². The number of ether oxygens (including phenoxy) is 1. The quantitative estimate of drug-likeness (QED) is 0.536. The number of nitrogens with one attached hydrogen (secondary N) is 2. The first kappa shape index (κ1) is 24.3. The maximum atomic E-state index is 13.2. The van der Waals surface area contributed by atoms with E-state index in [-0.39, 0.29) is 23.9 Å². The van der Waals surface area contributed by atoms with E-state index >= 15 is 0 Å². The molecule has 182 valence electrons. The van der Waals surface area contributed by atoms with Crippen molar-refractivity contribution in [1.82, 2.24) is 20.2 Å². The number of hydrogen-bond donors (Lipinski definition) is 2. The van der Waals surface area contributed by atoms with Gasteiger partial charge in [0, 0.05) is 45.7 Å². The number of carbonyl (C=O) groups excluding carboxylic acids is 3. The molecule has 0 unspecified atom stereocenters. The smallest absolute Gasteiger partial charge is 0.331 e. The van der Waals surface area contributed by atoms with Gasteiger partial charge in [0.05, 0.1) is 28.6 Å². The Kier molecular flexibility index (Phi) is 7.37. The van der Waals surface area contributed by atoms with Crippen molar-refractivity contribution >= 4 is 56.5 Å². The molecule has 1 fully saturated rings. The SMILES string of the molecule is C=CC(=O)N1CCC[C@@H](NC(=O)c2sc3nccc4c3c2NC(=O)N4c2cccnc2)C1.COC. The molecule has 10 nitrogen and oxygen atoms in total. The fourth-order valence-electron chi connectivity index (χ4n) is 4.16. The minimum Gasteiger partial charge on any atom is -0.388 e. The number of piperidine rings is 1. The minimum absolute atomic E-state index is 0.141. The number of nitrogens with zero attached hydrogens (tertiary/aromatic N) is 4. The minimum atomic E-state index is -0.370. The Balaban J connectivity index is 0.000000917. The molecule has 1 atom stereocenters. The van der Waals surface area contributed by atoms with Crippen molar-refractivity contribution in [3.63, 3.8) is 0 Å². The summed E-state index contributed by atoms with van der Waals surface area (Å²) < 4.78 is 4.25. The fourth-order valence-corrected chi connectivity index (χ4v) is 5.18. The fraction of sp³-hybridized carbons (Fsp3) is 0.292. The number of likely N-dealkylation sites (tertiary alicyclic amines) is 1. The maximum Gasteiger partial charge on any atom is 0.331 e. The van der Waals surface area contributed by atoms with Gasteiger partial charge in [0.2, 0.25) is 5.91 Å². The van der Waals surface area contributed by atoms with E-state index in [1.807, 2.05) is 0 Å². The van der Waals surface area contributed by atoms with Gasteiger partial charge >= 0.3 is 6.03 Å². The second-order valence-electron chi connectivity index (χ2n) is 8.00. The van der Waals surface area contributed by atoms with Crippen LogP contribution in [0.3, 0.4) is 0 Å². The first-order chi connectivity index (χ1) is 17.0. The molecule has 5 rings (SSSR count). The Morgan fingerprint density at radius 1 is 1.31 bits per heavy atom. The number of anilines is 3. The van der Waals surface area contributed by atoms with E-state index in [0.29, 0.717) is 39.9 Å². The van der Waals surface area contributed by atoms with E-state index in [1.165, 1.54) is 22.3 Å². The third-order valence-corrected chi connectivity index (χ3v) is 6.70. The average Bonchev–Trinajstić information content (AvgIpc) is 3.24. The molecule has 0 saturated carbocycles. The van der Waals surface area contributed by atoms with E-state index in [0.717, 1.165) is 18.2 Å². The van der Waals surface area contributed by atoms with Crippen molar-refractivity contribution in [2.45, 2.75) is 18.9 Å². The van der Waals surface area contributed by atoms with Crippen molar-refractivity contribution in [2.24, 2.45) is 0 Å². The second-order valence-corrected chi connectivity index (χ2v) is 9.00. The number of amides is 4. The molecule has 2 aliphatic heterocycles. The molecule has 0 aliphatic carbocycles. The van der Waals surface area contributed by atoms with E-state index in [2.05, 4.69) is 31.9 Å². The summed E-state index contributed by atoms with van der Waals surface area (Å²) in [6.07, 6.45) is 7.74. The lowest BCUT2D eigenvalue weighted by Gasteiger charge is -2.32. The van der Waals surface area contributed by atoms with Crippen molar-refractivity contribution in [2.75, 3.05) is 37.5 Å². The highest BCUT2D eigenvalue weighted by atomic mass is 32.1. The van der Waals surface area contributed by atoms with Crippen LogP contribution in [-0.2, 0) is 9.53 Å². The van der Waals surface area contributed by atoms with Crippen molar-refractivity contribution in [1.29, 1.82) is 0 Å². The van der Waals surface area contributed by atoms with E-state index < -0.39 is 0 Å². The highest BCUT2D eigenvalue weighted by Crippen LogP contribution is 2.45. The maximum absolute atomic E-state index is 13.2. The zero-order valence-corrected chi connectivity index (χ0v) is 20.3. The molecule has 0 radical (unpaired) electrons. The summed E-state index contributed by atoms with van der Waals surface area (Å²) in [6.45, 7) is 4.62. The highest BCUT2D eigenvalue weighted by molar-refractivity contribution is 7.21. The van der Waals surface area contributed by atoms with E-state index in [1.54, 1.807) is 55.9 Å². The molecule has 0 aromatic carbocycles. The standard InChI is InChI=1S/C22H20N6O3S.C2H6O/c1-2-16(29)27-10-4-5-13(12-27)25-20(30)19-18-17-15(7-9-24-21(17)32-19)28(22(31)26-18)14-6-3-8-23-11-14;1-3-2/h2-3,6-9,11,13H,1,4-5,10,12H2,(H,25,30)(H,26,31);1-2H3/t13-;/m1./s1. The van der Waals surface area contributed by atoms with Gasteiger partial charge in [-0.3, -0.25) is 19.5 Å². The second kappa shape index (κ2) is 10.6. The zero-order valence-electron chi connectivity index (χ0n) is 19.5. The first-order valence-corrected chi connectivity index (χ1v) is 11.8. The van der Waals surface area contributed by atoms with Crippen LogP contribution in [0, 0.1) is 0 Å². The number of thiophene rings is 1. The molecule has 5 heterocycles. The molecular formula is C24H26N6O4S. The van der Waals surface area contributed by atoms with Crippen LogP contribution in [0.25, 0.3) is 10.2 Å². The summed E-state index contributed by atoms with van der Waals surface area (Å²) >= 11 is 1.23. The summed E-state index contributed by atoms with van der Waals surface area (Å²) in [5.41, 5.74) is 1.73. The average molecular weight is 495 g/mol. The van der Waals surface area contributed by atoms with Gasteiger partial charge in [-0.05, 0) is 37.1 Å². The molecule has 3 aromatic heterocycles. The number of methoxy groups -OCH3 is 1. The molecule has 35 heavy (non-hydrogen) atoms. The number of carbonyl (C=O) groups is 3. The van der Waals surface area contributed by atoms with Crippen molar-refractivity contribution in [3.05, 3.63) is 54.3 Å². The molecule has 11 heteroatoms. The van der Waals surface area contributed by atoms with Crippen LogP contribution in [0.4, 0.5) is 21.9 Å². The number of urea groups is 1. The number of pyridine rings is 2. The van der Waals surface area contributed by atoms with Crippen LogP contribution < -0.4 is 15.5 Å². The van der Waals surface area contributed by atoms with E-state index in [9.17, 15) is 14.4 Å². The lowest BCUT2D eigenvalue weighted by Crippen LogP contribution is -2.49. The van der Waals surface area contributed by atoms with Crippen molar-refractivity contribution in [3.8, 4) is 0 Å². The summed E-state index contributed by atoms with van der Waals surface area (Å²) in [4.78, 5) is 50.9. The van der Waals surface area contributed by atoms with Gasteiger partial charge in [0.15, 0.2) is 0 Å². The zero-order chi connectivity index (χ0) is 24.9. The van der Waals surface area contributed by atoms with Gasteiger partial charge in [-0.15, -0.1) is 11.3 Å². The molecule has 1 saturated heterocycles. The molecule has 0 bridgehead atoms. The Labute approximate surface area is 206 Å². The Morgan fingerprint density at radius 3 is 2.83 bits per heavy atom. The predicted octanol–water partition coefficient (Wildman–Crippen LogP) is 3.54. The predicted molar refractivity (Wildman–Crippen MR) is 135 cm³/mol. The number of hydrogen-bond acceptors (Lipinski definition) is 7. The van der Waals surface area contributed by atoms with Crippen molar-refractivity contribution < 1.29 is 19.1 Å². The summed E-state index contributed by atoms with van der Waals surface area (Å²) in [5.74, 6) is -0.431. The largest absolute Gasteiger partial charge is 0.388 e. The van der Waals surface area contributed by atoms with Crippen LogP contribution in [0.5, 0.6) is 0 Å². The van der Waals surface area contributed by atoms with Gasteiger partial charge in [0.1, 0.15) is 9.71 Å². The molecule has 3 aromatic rings. The van der Waals surface area contributed by atoms with Gasteiger partial charge in [-0.1, -0.05) is 6.58 Å². The van der Waals surface area contributed by atoms with Crippen LogP contribution in [0.15, 0.2) is 49.4 Å². The molecule has 0 spiro atoms. The summed E-state index contributed by atoms with van der Waals surface area (Å²) in [5, 5.41) is 6.61. The highest BCUT2D eigenvalue weighted by Gasteiger charge is 2.33. The Hall–Kier alpha value is -3.83. The van der Waals surface area contributed by atoms with E-state index in [4.69, 9.17) is 0 Å². The van der Waals surface area contributed by atoms with Crippen LogP contribution in [0.1, 0.15) is 22.5 Å². The van der Waals surface area contributed by atoms with Gasteiger partial charge < -0.3 is 20.3 Å². The topological polar surface area (TPSA) is 117 Å². The third kappa shape index (κ3) is 4.86. The molecule has 2 N–H and O–H groups in total. The van der Waals surface area contributed by atoms with Gasteiger partial charge in [-0.2, -0.15) is 0 Å². The molecular weight excluding hydrogens is 468 g/mol. The Bertz CT molecular complexity index is 1260. The monoisotopic (exact) mass is 494 g/mol. The van der Waals surface area contributed by atoms with Gasteiger partial charge in [-0.25, -0.2) is 9.78 Å². The summed E-state index contributed by atoms with van der Waals surface area (Å²) in [6, 6.07) is 4.77. The van der Waals surface area contributed by atoms with Crippen LogP contribution >= 0.6 is 11.3 Å². The number of aromatic nitrogens is 2. The Morgan fingerprint density at radius 2 is 2.11 bits per heavy atom. The van der Waals surface area contributed by atoms with Gasteiger partial charge in [0.25, 0.3) is 5.91 Å². The lowest BCUT2D eigenvalue weighted by molar-refractivity contribution is -0.127. The first-order valence-electron chi connectivity index (χ1n) is 11.0. The lowest BCUT2D eigenvalue weighted by atomic mass is 10.1. The summed E-state index contributed by atoms with van der Waals surface area (Å²) in [7, 11) is 3.25. The third-order valence-electron chi connectivity index (χ3n) is 5.60. The van der Waals surface area contributed by atoms with Crippen LogP contribution in [-0.4, -0.2) is 66.1 Å². The number of rotatable bonds is 4. The normalized spacial score (nSPS) is 16.7. The molecule has 2 aliphatic rings.